The lowest BCUT2D eigenvalue weighted by Gasteiger charge is -2.28. The summed E-state index contributed by atoms with van der Waals surface area (Å²) in [5.74, 6) is -0.248. The van der Waals surface area contributed by atoms with E-state index in [0.717, 1.165) is 23.1 Å². The quantitative estimate of drug-likeness (QED) is 0.783. The van der Waals surface area contributed by atoms with Crippen LogP contribution >= 0.6 is 0 Å². The van der Waals surface area contributed by atoms with Crippen molar-refractivity contribution in [3.8, 4) is 17.2 Å². The molecule has 2 amide bonds. The fraction of sp³-hybridized carbons (Fsp3) is 0.400. The number of alkyl carbamates (subject to hydrolysis) is 1. The molecule has 0 saturated carbocycles. The van der Waals surface area contributed by atoms with Gasteiger partial charge < -0.3 is 15.0 Å². The maximum absolute atomic E-state index is 13.2. The Balaban J connectivity index is 1.78. The summed E-state index contributed by atoms with van der Waals surface area (Å²) in [5, 5.41) is 12.1. The average Bonchev–Trinajstić information content (AvgIpc) is 3.21. The third kappa shape index (κ3) is 6.08. The van der Waals surface area contributed by atoms with Crippen LogP contribution in [0.4, 0.5) is 4.79 Å². The Morgan fingerprint density at radius 2 is 1.77 bits per heavy atom. The second-order valence-electron chi connectivity index (χ2n) is 8.78. The molecule has 1 fully saturated rings. The summed E-state index contributed by atoms with van der Waals surface area (Å²) in [6.07, 6.45) is 1.13. The highest BCUT2D eigenvalue weighted by Gasteiger charge is 2.34. The number of hydrogen-bond donors (Lipinski definition) is 1. The van der Waals surface area contributed by atoms with E-state index in [4.69, 9.17) is 4.74 Å². The van der Waals surface area contributed by atoms with E-state index in [0.29, 0.717) is 19.4 Å². The molecule has 6 nitrogen and oxygen atoms in total. The van der Waals surface area contributed by atoms with Crippen molar-refractivity contribution < 1.29 is 14.3 Å². The van der Waals surface area contributed by atoms with E-state index in [9.17, 15) is 14.9 Å². The first-order chi connectivity index (χ1) is 14.8. The molecule has 162 valence electrons. The van der Waals surface area contributed by atoms with Gasteiger partial charge in [-0.05, 0) is 50.3 Å². The van der Waals surface area contributed by atoms with Crippen molar-refractivity contribution in [2.24, 2.45) is 0 Å². The molecule has 0 bridgehead atoms. The highest BCUT2D eigenvalue weighted by molar-refractivity contribution is 5.86. The Morgan fingerprint density at radius 1 is 1.13 bits per heavy atom. The van der Waals surface area contributed by atoms with Crippen LogP contribution in [0.5, 0.6) is 0 Å². The first-order valence-corrected chi connectivity index (χ1v) is 10.6. The molecule has 1 N–H and O–H groups in total. The molecule has 1 aliphatic rings. The predicted octanol–water partition coefficient (Wildman–Crippen LogP) is 4.30. The van der Waals surface area contributed by atoms with E-state index in [1.165, 1.54) is 0 Å². The minimum atomic E-state index is -0.800. The van der Waals surface area contributed by atoms with Crippen molar-refractivity contribution in [3.63, 3.8) is 0 Å². The van der Waals surface area contributed by atoms with E-state index in [1.54, 1.807) is 25.7 Å². The third-order valence-electron chi connectivity index (χ3n) is 5.17. The van der Waals surface area contributed by atoms with E-state index < -0.39 is 23.8 Å². The Kier molecular flexibility index (Phi) is 6.96. The van der Waals surface area contributed by atoms with Crippen LogP contribution in [-0.4, -0.2) is 41.1 Å². The van der Waals surface area contributed by atoms with Gasteiger partial charge in [0, 0.05) is 13.0 Å². The van der Waals surface area contributed by atoms with Crippen molar-refractivity contribution in [2.75, 3.05) is 6.54 Å². The minimum Gasteiger partial charge on any atom is -0.444 e. The molecule has 2 aromatic rings. The molecule has 2 aromatic carbocycles. The molecular weight excluding hydrogens is 390 g/mol. The second kappa shape index (κ2) is 9.65. The summed E-state index contributed by atoms with van der Waals surface area (Å²) in [6, 6.07) is 18.9. The Bertz CT molecular complexity index is 943. The largest absolute Gasteiger partial charge is 0.444 e. The van der Waals surface area contributed by atoms with Crippen molar-refractivity contribution in [2.45, 2.75) is 57.7 Å². The number of benzene rings is 2. The zero-order valence-corrected chi connectivity index (χ0v) is 18.3. The number of ether oxygens (including phenoxy) is 1. The Morgan fingerprint density at radius 3 is 2.39 bits per heavy atom. The van der Waals surface area contributed by atoms with Gasteiger partial charge in [-0.1, -0.05) is 54.6 Å². The average molecular weight is 420 g/mol. The third-order valence-corrected chi connectivity index (χ3v) is 5.17. The molecule has 31 heavy (non-hydrogen) atoms. The van der Waals surface area contributed by atoms with Crippen LogP contribution in [0.1, 0.15) is 39.2 Å². The summed E-state index contributed by atoms with van der Waals surface area (Å²) in [7, 11) is 0. The lowest BCUT2D eigenvalue weighted by Crippen LogP contribution is -2.51. The second-order valence-corrected chi connectivity index (χ2v) is 8.78. The first kappa shape index (κ1) is 22.4. The monoisotopic (exact) mass is 419 g/mol. The maximum atomic E-state index is 13.2. The van der Waals surface area contributed by atoms with Gasteiger partial charge in [0.15, 0.2) is 0 Å². The van der Waals surface area contributed by atoms with Crippen LogP contribution in [0.25, 0.3) is 11.1 Å². The molecule has 3 rings (SSSR count). The van der Waals surface area contributed by atoms with E-state index in [1.807, 2.05) is 54.6 Å². The van der Waals surface area contributed by atoms with Gasteiger partial charge in [0.25, 0.3) is 0 Å². The van der Waals surface area contributed by atoms with Crippen LogP contribution in [0, 0.1) is 11.3 Å². The lowest BCUT2D eigenvalue weighted by molar-refractivity contribution is -0.133. The van der Waals surface area contributed by atoms with Crippen molar-refractivity contribution in [1.29, 1.82) is 5.26 Å². The predicted molar refractivity (Wildman–Crippen MR) is 119 cm³/mol. The smallest absolute Gasteiger partial charge is 0.408 e. The zero-order valence-electron chi connectivity index (χ0n) is 18.3. The molecule has 1 saturated heterocycles. The molecule has 0 spiro atoms. The number of hydrogen-bond acceptors (Lipinski definition) is 4. The highest BCUT2D eigenvalue weighted by Crippen LogP contribution is 2.22. The zero-order chi connectivity index (χ0) is 22.4. The summed E-state index contributed by atoms with van der Waals surface area (Å²) in [5.41, 5.74) is 2.44. The number of rotatable bonds is 5. The van der Waals surface area contributed by atoms with Gasteiger partial charge in [-0.15, -0.1) is 0 Å². The van der Waals surface area contributed by atoms with Crippen molar-refractivity contribution in [3.05, 3.63) is 60.2 Å². The van der Waals surface area contributed by atoms with Gasteiger partial charge >= 0.3 is 6.09 Å². The molecule has 6 heteroatoms. The summed E-state index contributed by atoms with van der Waals surface area (Å²) >= 11 is 0. The number of nitriles is 1. The fourth-order valence-corrected chi connectivity index (χ4v) is 3.71. The Hall–Kier alpha value is -3.33. The summed E-state index contributed by atoms with van der Waals surface area (Å²) in [4.78, 5) is 27.2. The van der Waals surface area contributed by atoms with Gasteiger partial charge in [-0.25, -0.2) is 4.79 Å². The van der Waals surface area contributed by atoms with Gasteiger partial charge in [0.2, 0.25) is 5.91 Å². The number of likely N-dealkylation sites (tertiary alicyclic amines) is 1. The standard InChI is InChI=1S/C25H29N3O3/c1-25(2,3)31-24(30)27-22(23(29)28-15-7-10-21(28)17-26)16-18-11-13-20(14-12-18)19-8-5-4-6-9-19/h4-6,8-9,11-14,21-22H,7,10,15-16H2,1-3H3,(H,27,30)/t21-,22-/m0/s1. The van der Waals surface area contributed by atoms with E-state index in [2.05, 4.69) is 11.4 Å². The fourth-order valence-electron chi connectivity index (χ4n) is 3.71. The molecule has 0 aromatic heterocycles. The van der Waals surface area contributed by atoms with E-state index >= 15 is 0 Å². The van der Waals surface area contributed by atoms with Crippen LogP contribution < -0.4 is 5.32 Å². The first-order valence-electron chi connectivity index (χ1n) is 10.6. The SMILES string of the molecule is CC(C)(C)OC(=O)N[C@@H](Cc1ccc(-c2ccccc2)cc1)C(=O)N1CCC[C@H]1C#N. The molecule has 2 atom stereocenters. The van der Waals surface area contributed by atoms with Crippen molar-refractivity contribution >= 4 is 12.0 Å². The van der Waals surface area contributed by atoms with Gasteiger partial charge in [-0.2, -0.15) is 5.26 Å². The molecule has 0 radical (unpaired) electrons. The van der Waals surface area contributed by atoms with Gasteiger partial charge in [0.1, 0.15) is 17.7 Å². The molecule has 0 aliphatic carbocycles. The minimum absolute atomic E-state index is 0.248. The number of nitrogens with one attached hydrogen (secondary N) is 1. The molecule has 0 unspecified atom stereocenters. The number of carbonyl (C=O) groups is 2. The molecule has 1 heterocycles. The van der Waals surface area contributed by atoms with Crippen LogP contribution in [0.3, 0.4) is 0 Å². The topological polar surface area (TPSA) is 82.4 Å². The van der Waals surface area contributed by atoms with Crippen molar-refractivity contribution in [1.82, 2.24) is 10.2 Å². The molecule has 1 aliphatic heterocycles. The summed E-state index contributed by atoms with van der Waals surface area (Å²) in [6.45, 7) is 5.85. The number of nitrogens with zero attached hydrogens (tertiary/aromatic N) is 2. The maximum Gasteiger partial charge on any atom is 0.408 e. The van der Waals surface area contributed by atoms with Crippen LogP contribution in [-0.2, 0) is 16.0 Å². The summed E-state index contributed by atoms with van der Waals surface area (Å²) < 4.78 is 5.36. The number of carbonyl (C=O) groups excluding carboxylic acids is 2. The van der Waals surface area contributed by atoms with E-state index in [-0.39, 0.29) is 5.91 Å². The highest BCUT2D eigenvalue weighted by atomic mass is 16.6. The van der Waals surface area contributed by atoms with Crippen LogP contribution in [0.15, 0.2) is 54.6 Å². The number of amides is 2. The van der Waals surface area contributed by atoms with Crippen LogP contribution in [0.2, 0.25) is 0 Å². The van der Waals surface area contributed by atoms with Gasteiger partial charge in [-0.3, -0.25) is 4.79 Å². The Labute approximate surface area is 183 Å². The normalized spacial score (nSPS) is 17.0. The lowest BCUT2D eigenvalue weighted by atomic mass is 10.00. The molecular formula is C25H29N3O3. The van der Waals surface area contributed by atoms with Gasteiger partial charge in [0.05, 0.1) is 6.07 Å².